The first-order chi connectivity index (χ1) is 8.50. The Morgan fingerprint density at radius 3 is 2.78 bits per heavy atom. The Morgan fingerprint density at radius 1 is 1.39 bits per heavy atom. The lowest BCUT2D eigenvalue weighted by atomic mass is 10.1. The van der Waals surface area contributed by atoms with Crippen LogP contribution in [0.4, 0.5) is 5.69 Å². The second-order valence-corrected chi connectivity index (χ2v) is 7.01. The van der Waals surface area contributed by atoms with E-state index in [2.05, 4.69) is 5.32 Å². The maximum atomic E-state index is 11.6. The van der Waals surface area contributed by atoms with Crippen LogP contribution in [0.3, 0.4) is 0 Å². The standard InChI is InChI=1S/C13H19NO3S/c1-10-8-12(17-2)5-6-13(10)14-11-4-3-7-18(15,16)9-11/h5-6,8,11,14H,3-4,7,9H2,1-2H3. The third-order valence-electron chi connectivity index (χ3n) is 3.26. The molecule has 0 spiro atoms. The summed E-state index contributed by atoms with van der Waals surface area (Å²) in [6, 6.07) is 5.79. The first-order valence-corrected chi connectivity index (χ1v) is 7.94. The third kappa shape index (κ3) is 3.16. The average molecular weight is 269 g/mol. The zero-order valence-corrected chi connectivity index (χ0v) is 11.6. The van der Waals surface area contributed by atoms with Gasteiger partial charge in [-0.2, -0.15) is 0 Å². The van der Waals surface area contributed by atoms with Gasteiger partial charge in [0.1, 0.15) is 5.75 Å². The van der Waals surface area contributed by atoms with Crippen LogP contribution in [-0.2, 0) is 9.84 Å². The van der Waals surface area contributed by atoms with Crippen molar-refractivity contribution < 1.29 is 13.2 Å². The van der Waals surface area contributed by atoms with Crippen LogP contribution in [0.2, 0.25) is 0 Å². The van der Waals surface area contributed by atoms with Crippen molar-refractivity contribution in [3.8, 4) is 5.75 Å². The number of methoxy groups -OCH3 is 1. The van der Waals surface area contributed by atoms with Gasteiger partial charge in [-0.25, -0.2) is 8.42 Å². The minimum absolute atomic E-state index is 0.0239. The quantitative estimate of drug-likeness (QED) is 0.911. The van der Waals surface area contributed by atoms with Gasteiger partial charge in [0.25, 0.3) is 0 Å². The summed E-state index contributed by atoms with van der Waals surface area (Å²) in [6.45, 7) is 1.99. The van der Waals surface area contributed by atoms with Gasteiger partial charge >= 0.3 is 0 Å². The third-order valence-corrected chi connectivity index (χ3v) is 5.08. The molecule has 1 heterocycles. The van der Waals surface area contributed by atoms with Crippen LogP contribution in [0.5, 0.6) is 5.75 Å². The summed E-state index contributed by atoms with van der Waals surface area (Å²) in [5, 5.41) is 3.32. The van der Waals surface area contributed by atoms with E-state index >= 15 is 0 Å². The van der Waals surface area contributed by atoms with Crippen LogP contribution in [-0.4, -0.2) is 33.1 Å². The zero-order valence-electron chi connectivity index (χ0n) is 10.8. The lowest BCUT2D eigenvalue weighted by Gasteiger charge is -2.25. The molecule has 1 N–H and O–H groups in total. The van der Waals surface area contributed by atoms with E-state index in [1.807, 2.05) is 25.1 Å². The topological polar surface area (TPSA) is 55.4 Å². The van der Waals surface area contributed by atoms with Crippen molar-refractivity contribution in [1.29, 1.82) is 0 Å². The van der Waals surface area contributed by atoms with Gasteiger partial charge in [0, 0.05) is 11.7 Å². The van der Waals surface area contributed by atoms with Crippen LogP contribution in [0.25, 0.3) is 0 Å². The molecule has 0 aliphatic carbocycles. The first-order valence-electron chi connectivity index (χ1n) is 6.12. The van der Waals surface area contributed by atoms with Crippen molar-refractivity contribution in [2.24, 2.45) is 0 Å². The fourth-order valence-corrected chi connectivity index (χ4v) is 3.92. The fraction of sp³-hybridized carbons (Fsp3) is 0.538. The van der Waals surface area contributed by atoms with Gasteiger partial charge in [-0.1, -0.05) is 0 Å². The molecule has 100 valence electrons. The molecular weight excluding hydrogens is 250 g/mol. The van der Waals surface area contributed by atoms with E-state index < -0.39 is 9.84 Å². The zero-order chi connectivity index (χ0) is 13.2. The largest absolute Gasteiger partial charge is 0.497 e. The van der Waals surface area contributed by atoms with Gasteiger partial charge in [-0.3, -0.25) is 0 Å². The van der Waals surface area contributed by atoms with Gasteiger partial charge in [0.05, 0.1) is 18.6 Å². The summed E-state index contributed by atoms with van der Waals surface area (Å²) in [4.78, 5) is 0. The Morgan fingerprint density at radius 2 is 2.17 bits per heavy atom. The molecule has 1 saturated heterocycles. The number of ether oxygens (including phenoxy) is 1. The van der Waals surface area contributed by atoms with E-state index in [4.69, 9.17) is 4.74 Å². The van der Waals surface area contributed by atoms with E-state index in [1.54, 1.807) is 7.11 Å². The Hall–Kier alpha value is -1.23. The molecule has 0 bridgehead atoms. The molecular formula is C13H19NO3S. The van der Waals surface area contributed by atoms with E-state index in [9.17, 15) is 8.42 Å². The second kappa shape index (κ2) is 5.18. The fourth-order valence-electron chi connectivity index (χ4n) is 2.28. The highest BCUT2D eigenvalue weighted by atomic mass is 32.2. The number of hydrogen-bond donors (Lipinski definition) is 1. The van der Waals surface area contributed by atoms with Crippen LogP contribution in [0.15, 0.2) is 18.2 Å². The van der Waals surface area contributed by atoms with Crippen molar-refractivity contribution in [1.82, 2.24) is 0 Å². The smallest absolute Gasteiger partial charge is 0.152 e. The van der Waals surface area contributed by atoms with Crippen LogP contribution < -0.4 is 10.1 Å². The van der Waals surface area contributed by atoms with Gasteiger partial charge in [-0.15, -0.1) is 0 Å². The number of anilines is 1. The number of hydrogen-bond acceptors (Lipinski definition) is 4. The van der Waals surface area contributed by atoms with E-state index in [0.29, 0.717) is 5.75 Å². The highest BCUT2D eigenvalue weighted by Crippen LogP contribution is 2.24. The van der Waals surface area contributed by atoms with E-state index in [1.165, 1.54) is 0 Å². The predicted octanol–water partition coefficient (Wildman–Crippen LogP) is 1.99. The van der Waals surface area contributed by atoms with Gasteiger partial charge in [0.15, 0.2) is 9.84 Å². The Labute approximate surface area is 108 Å². The molecule has 1 aromatic carbocycles. The first kappa shape index (κ1) is 13.2. The average Bonchev–Trinajstić information content (AvgIpc) is 2.30. The van der Waals surface area contributed by atoms with Crippen LogP contribution >= 0.6 is 0 Å². The molecule has 2 rings (SSSR count). The Balaban J connectivity index is 2.09. The highest BCUT2D eigenvalue weighted by Gasteiger charge is 2.24. The molecule has 1 aliphatic rings. The minimum atomic E-state index is -2.86. The van der Waals surface area contributed by atoms with Crippen molar-refractivity contribution in [3.63, 3.8) is 0 Å². The lowest BCUT2D eigenvalue weighted by Crippen LogP contribution is -2.34. The van der Waals surface area contributed by atoms with Gasteiger partial charge < -0.3 is 10.1 Å². The van der Waals surface area contributed by atoms with Crippen molar-refractivity contribution in [3.05, 3.63) is 23.8 Å². The molecule has 1 atom stereocenters. The molecule has 1 aromatic rings. The maximum Gasteiger partial charge on any atom is 0.152 e. The van der Waals surface area contributed by atoms with Crippen LogP contribution in [0.1, 0.15) is 18.4 Å². The normalized spacial score (nSPS) is 22.4. The van der Waals surface area contributed by atoms with Gasteiger partial charge in [-0.05, 0) is 43.5 Å². The van der Waals surface area contributed by atoms with Crippen LogP contribution in [0, 0.1) is 6.92 Å². The van der Waals surface area contributed by atoms with E-state index in [0.717, 1.165) is 29.8 Å². The molecule has 4 nitrogen and oxygen atoms in total. The molecule has 1 fully saturated rings. The SMILES string of the molecule is COc1ccc(NC2CCCS(=O)(=O)C2)c(C)c1. The van der Waals surface area contributed by atoms with Crippen molar-refractivity contribution in [2.45, 2.75) is 25.8 Å². The molecule has 1 aliphatic heterocycles. The summed E-state index contributed by atoms with van der Waals surface area (Å²) in [7, 11) is -1.23. The predicted molar refractivity (Wildman–Crippen MR) is 73.0 cm³/mol. The van der Waals surface area contributed by atoms with E-state index in [-0.39, 0.29) is 11.8 Å². The maximum absolute atomic E-state index is 11.6. The minimum Gasteiger partial charge on any atom is -0.497 e. The highest BCUT2D eigenvalue weighted by molar-refractivity contribution is 7.91. The van der Waals surface area contributed by atoms with Crippen molar-refractivity contribution >= 4 is 15.5 Å². The molecule has 0 saturated carbocycles. The molecule has 0 aromatic heterocycles. The Kier molecular flexibility index (Phi) is 3.80. The molecule has 18 heavy (non-hydrogen) atoms. The number of aryl methyl sites for hydroxylation is 1. The number of nitrogens with one attached hydrogen (secondary N) is 1. The molecule has 0 amide bonds. The molecule has 1 unspecified atom stereocenters. The number of rotatable bonds is 3. The monoisotopic (exact) mass is 269 g/mol. The molecule has 5 heteroatoms. The lowest BCUT2D eigenvalue weighted by molar-refractivity contribution is 0.414. The summed E-state index contributed by atoms with van der Waals surface area (Å²) in [5.74, 6) is 1.37. The summed E-state index contributed by atoms with van der Waals surface area (Å²) in [6.07, 6.45) is 1.65. The summed E-state index contributed by atoms with van der Waals surface area (Å²) >= 11 is 0. The van der Waals surface area contributed by atoms with Crippen molar-refractivity contribution in [2.75, 3.05) is 23.9 Å². The Bertz CT molecular complexity index is 525. The molecule has 0 radical (unpaired) electrons. The summed E-state index contributed by atoms with van der Waals surface area (Å²) < 4.78 is 28.3. The number of benzene rings is 1. The number of sulfone groups is 1. The second-order valence-electron chi connectivity index (χ2n) is 4.78. The summed E-state index contributed by atoms with van der Waals surface area (Å²) in [5.41, 5.74) is 2.05. The van der Waals surface area contributed by atoms with Gasteiger partial charge in [0.2, 0.25) is 0 Å².